The van der Waals surface area contributed by atoms with E-state index in [4.69, 9.17) is 14.7 Å². The summed E-state index contributed by atoms with van der Waals surface area (Å²) in [6.45, 7) is 46.8. The molecule has 0 N–H and O–H groups in total. The third-order valence-corrected chi connectivity index (χ3v) is 19.1. The van der Waals surface area contributed by atoms with Gasteiger partial charge in [0.15, 0.2) is 0 Å². The molecule has 0 fully saturated rings. The van der Waals surface area contributed by atoms with Crippen LogP contribution in [-0.2, 0) is 51.3 Å². The molecule has 2 aromatic carbocycles. The molecule has 9 heteroatoms. The first kappa shape index (κ1) is 49.7. The molecule has 0 unspecified atom stereocenters. The number of nitrogens with zero attached hydrogens (tertiary/aromatic N) is 4. The number of Topliss-reactive ketones (excluding diaryl/α,β-unsaturated/α-hetero) is 1. The lowest BCUT2D eigenvalue weighted by Crippen LogP contribution is -2.44. The summed E-state index contributed by atoms with van der Waals surface area (Å²) in [6.07, 6.45) is 0.633. The van der Waals surface area contributed by atoms with Gasteiger partial charge in [-0.05, 0) is 188 Å². The molecule has 6 aromatic rings. The van der Waals surface area contributed by atoms with Gasteiger partial charge in [0.05, 0.1) is 57.9 Å². The van der Waals surface area contributed by atoms with Gasteiger partial charge in [-0.3, -0.25) is 19.2 Å². The van der Waals surface area contributed by atoms with Crippen molar-refractivity contribution in [2.24, 2.45) is 10.8 Å². The molecule has 0 atom stereocenters. The van der Waals surface area contributed by atoms with E-state index in [0.29, 0.717) is 25.1 Å². The number of hydrogen-bond donors (Lipinski definition) is 0. The zero-order valence-electron chi connectivity index (χ0n) is 45.7. The van der Waals surface area contributed by atoms with Gasteiger partial charge >= 0.3 is 5.97 Å². The number of rotatable bonds is 4. The Morgan fingerprint density at radius 2 is 0.986 bits per heavy atom. The smallest absolute Gasteiger partial charge is 0.312 e. The molecule has 0 bridgehead atoms. The summed E-state index contributed by atoms with van der Waals surface area (Å²) in [7, 11) is 0. The van der Waals surface area contributed by atoms with Crippen molar-refractivity contribution in [3.8, 4) is 22.8 Å². The van der Waals surface area contributed by atoms with Crippen LogP contribution in [0, 0.1) is 93.9 Å². The number of carbonyl (C=O) groups is 2. The summed E-state index contributed by atoms with van der Waals surface area (Å²) in [5, 5.41) is 2.42. The van der Waals surface area contributed by atoms with E-state index in [1.165, 1.54) is 66.4 Å². The van der Waals surface area contributed by atoms with Crippen LogP contribution in [0.25, 0.3) is 44.6 Å². The second-order valence-electron chi connectivity index (χ2n) is 23.0. The minimum absolute atomic E-state index is 0.0162. The normalized spacial score (nSPS) is 15.5. The van der Waals surface area contributed by atoms with Gasteiger partial charge in [0, 0.05) is 43.7 Å². The minimum Gasteiger partial charge on any atom is -0.460 e. The van der Waals surface area contributed by atoms with E-state index in [9.17, 15) is 19.2 Å². The fourth-order valence-corrected chi connectivity index (χ4v) is 12.4. The van der Waals surface area contributed by atoms with E-state index < -0.39 is 21.7 Å². The molecule has 4 aromatic heterocycles. The fourth-order valence-electron chi connectivity index (χ4n) is 12.4. The van der Waals surface area contributed by atoms with Gasteiger partial charge in [-0.25, -0.2) is 9.97 Å². The number of fused-ring (bicyclic) bond motifs is 9. The largest absolute Gasteiger partial charge is 0.460 e. The zero-order valence-corrected chi connectivity index (χ0v) is 45.7. The van der Waals surface area contributed by atoms with Crippen LogP contribution in [0.5, 0.6) is 0 Å². The monoisotopic (exact) mass is 931 g/mol. The van der Waals surface area contributed by atoms with E-state index in [0.717, 1.165) is 72.8 Å². The molecule has 0 saturated carbocycles. The van der Waals surface area contributed by atoms with Crippen molar-refractivity contribution in [1.82, 2.24) is 19.1 Å². The molecule has 3 aliphatic heterocycles. The van der Waals surface area contributed by atoms with Crippen molar-refractivity contribution >= 4 is 33.6 Å². The highest BCUT2D eigenvalue weighted by Crippen LogP contribution is 2.51. The van der Waals surface area contributed by atoms with Crippen molar-refractivity contribution in [3.05, 3.63) is 121 Å². The Balaban J connectivity index is 0.000000186. The quantitative estimate of drug-likeness (QED) is 0.162. The minimum atomic E-state index is -0.773. The number of cyclic esters (lactones) is 1. The lowest BCUT2D eigenvalue weighted by atomic mass is 9.60. The van der Waals surface area contributed by atoms with E-state index in [1.54, 1.807) is 6.92 Å². The number of benzene rings is 2. The standard InChI is InChI=1S/C31H40N2O2.C29H34N2O3/c1-13-22-25(31(11,12)30(9,10)21(8)34)20(7)28-27-23(14-33(28)29(22)35)19(6)24-17(4)15(2)16(3)18(5)26(24)32-27;1-13-14(2)16(4)23-21(15(13)3)17(5)19-11-31-25(24(19)30-23)18(6)22-20(26(31)32)12-34-27(33)29(9,10)28(22,7)8/h13-14H2,1-12H3;11-12H2,1-10H3. The average molecular weight is 931 g/mol. The molecule has 0 radical (unpaired) electrons. The Bertz CT molecular complexity index is 3480. The van der Waals surface area contributed by atoms with Crippen molar-refractivity contribution in [1.29, 1.82) is 0 Å². The summed E-state index contributed by atoms with van der Waals surface area (Å²) in [4.78, 5) is 64.0. The van der Waals surface area contributed by atoms with Crippen LogP contribution in [-0.4, -0.2) is 30.9 Å². The molecule has 69 heavy (non-hydrogen) atoms. The summed E-state index contributed by atoms with van der Waals surface area (Å²) in [6, 6.07) is 0. The Morgan fingerprint density at radius 3 is 1.42 bits per heavy atom. The van der Waals surface area contributed by atoms with Crippen LogP contribution in [0.4, 0.5) is 0 Å². The molecule has 0 aliphatic carbocycles. The Kier molecular flexibility index (Phi) is 11.5. The maximum absolute atomic E-state index is 14.0. The molecular formula is C60H74N4O5. The summed E-state index contributed by atoms with van der Waals surface area (Å²) in [5.41, 5.74) is 23.4. The van der Waals surface area contributed by atoms with Gasteiger partial charge in [0.1, 0.15) is 12.4 Å². The average Bonchev–Trinajstić information content (AvgIpc) is 3.86. The Morgan fingerprint density at radius 1 is 0.565 bits per heavy atom. The topological polar surface area (TPSA) is 113 Å². The van der Waals surface area contributed by atoms with Crippen molar-refractivity contribution in [2.75, 3.05) is 0 Å². The number of hydrogen-bond acceptors (Lipinski definition) is 7. The van der Waals surface area contributed by atoms with Gasteiger partial charge in [0.25, 0.3) is 11.1 Å². The highest BCUT2D eigenvalue weighted by molar-refractivity contribution is 5.96. The van der Waals surface area contributed by atoms with Gasteiger partial charge in [-0.2, -0.15) is 0 Å². The number of esters is 1. The third-order valence-electron chi connectivity index (χ3n) is 19.1. The fraction of sp³-hybridized carbons (Fsp3) is 0.500. The van der Waals surface area contributed by atoms with E-state index in [-0.39, 0.29) is 29.5 Å². The van der Waals surface area contributed by atoms with Crippen LogP contribution in [0.15, 0.2) is 9.59 Å². The highest BCUT2D eigenvalue weighted by atomic mass is 16.5. The molecule has 0 spiro atoms. The summed E-state index contributed by atoms with van der Waals surface area (Å²) >= 11 is 0. The number of ether oxygens (including phenoxy) is 1. The third kappa shape index (κ3) is 6.46. The SMILES string of the molecule is CCc1c(C(C)(C)C(C)(C)C(C)=O)c(C)c2n(c1=O)Cc1c-2nc2c(C)c(C)c(C)c(C)c2c1C.Cc1c(C)c(C)c2c(C)c3c(nc2c1C)-c1c(C)c2c(c(=O)n1C3)COC(=O)C(C)(C)C2(C)C. The molecule has 0 saturated heterocycles. The molecule has 0 amide bonds. The van der Waals surface area contributed by atoms with Gasteiger partial charge in [0.2, 0.25) is 0 Å². The second-order valence-corrected chi connectivity index (χ2v) is 23.0. The van der Waals surface area contributed by atoms with E-state index >= 15 is 0 Å². The molecule has 9 rings (SSSR count). The lowest BCUT2D eigenvalue weighted by molar-refractivity contribution is -0.157. The maximum atomic E-state index is 14.0. The predicted octanol–water partition coefficient (Wildman–Crippen LogP) is 12.4. The number of ketones is 1. The molecule has 7 heterocycles. The van der Waals surface area contributed by atoms with Crippen LogP contribution in [0.1, 0.15) is 169 Å². The molecule has 364 valence electrons. The van der Waals surface area contributed by atoms with Crippen molar-refractivity contribution in [2.45, 2.75) is 189 Å². The molecule has 3 aliphatic rings. The first-order valence-electron chi connectivity index (χ1n) is 24.9. The van der Waals surface area contributed by atoms with E-state index in [2.05, 4.69) is 111 Å². The lowest BCUT2D eigenvalue weighted by Gasteiger charge is -2.42. The van der Waals surface area contributed by atoms with E-state index in [1.807, 2.05) is 43.8 Å². The van der Waals surface area contributed by atoms with Crippen LogP contribution in [0.3, 0.4) is 0 Å². The first-order valence-corrected chi connectivity index (χ1v) is 24.9. The highest BCUT2D eigenvalue weighted by Gasteiger charge is 2.51. The van der Waals surface area contributed by atoms with Crippen LogP contribution < -0.4 is 11.1 Å². The number of aromatic nitrogens is 4. The summed E-state index contributed by atoms with van der Waals surface area (Å²) < 4.78 is 9.41. The second kappa shape index (κ2) is 15.9. The number of pyridine rings is 4. The number of carbonyl (C=O) groups excluding carboxylic acids is 2. The zero-order chi connectivity index (χ0) is 51.4. The molecular weight excluding hydrogens is 857 g/mol. The van der Waals surface area contributed by atoms with Crippen molar-refractivity contribution in [3.63, 3.8) is 0 Å². The predicted molar refractivity (Wildman–Crippen MR) is 281 cm³/mol. The van der Waals surface area contributed by atoms with Crippen LogP contribution >= 0.6 is 0 Å². The maximum Gasteiger partial charge on any atom is 0.312 e. The van der Waals surface area contributed by atoms with Gasteiger partial charge in [-0.15, -0.1) is 0 Å². The van der Waals surface area contributed by atoms with Gasteiger partial charge < -0.3 is 13.9 Å². The Labute approximate surface area is 409 Å². The van der Waals surface area contributed by atoms with Crippen LogP contribution in [0.2, 0.25) is 0 Å². The summed E-state index contributed by atoms with van der Waals surface area (Å²) in [5.74, 6) is -0.142. The number of aryl methyl sites for hydroxylation is 6. The van der Waals surface area contributed by atoms with Crippen molar-refractivity contribution < 1.29 is 14.3 Å². The first-order chi connectivity index (χ1) is 31.8. The Hall–Kier alpha value is -5.70. The van der Waals surface area contributed by atoms with Gasteiger partial charge in [-0.1, -0.05) is 48.5 Å². The molecule has 9 nitrogen and oxygen atoms in total.